The highest BCUT2D eigenvalue weighted by atomic mass is 79.9. The first kappa shape index (κ1) is 10.9. The Hall–Kier alpha value is -1.22. The number of rotatable bonds is 0. The molecule has 3 rings (SSSR count). The molecule has 1 aliphatic heterocycles. The Bertz CT molecular complexity index is 529. The molecule has 0 atom stereocenters. The molecule has 0 saturated carbocycles. The molecule has 3 heteroatoms. The van der Waals surface area contributed by atoms with Crippen molar-refractivity contribution in [3.8, 4) is 11.5 Å². The molecule has 17 heavy (non-hydrogen) atoms. The fourth-order valence-electron chi connectivity index (χ4n) is 2.13. The van der Waals surface area contributed by atoms with E-state index in [9.17, 15) is 0 Å². The van der Waals surface area contributed by atoms with Crippen molar-refractivity contribution < 1.29 is 4.74 Å². The lowest BCUT2D eigenvalue weighted by Gasteiger charge is -2.09. The van der Waals surface area contributed by atoms with Gasteiger partial charge >= 0.3 is 0 Å². The third kappa shape index (κ3) is 2.12. The van der Waals surface area contributed by atoms with Crippen molar-refractivity contribution in [2.75, 3.05) is 0 Å². The summed E-state index contributed by atoms with van der Waals surface area (Å²) in [7, 11) is 5.80. The Labute approximate surface area is 110 Å². The van der Waals surface area contributed by atoms with Crippen LogP contribution >= 0.6 is 15.9 Å². The van der Waals surface area contributed by atoms with Gasteiger partial charge in [-0.2, -0.15) is 0 Å². The summed E-state index contributed by atoms with van der Waals surface area (Å²) in [5, 5.41) is 0. The van der Waals surface area contributed by atoms with E-state index >= 15 is 0 Å². The summed E-state index contributed by atoms with van der Waals surface area (Å²) < 4.78 is 7.02. The fourth-order valence-corrected chi connectivity index (χ4v) is 2.53. The van der Waals surface area contributed by atoms with E-state index in [1.165, 1.54) is 11.1 Å². The minimum absolute atomic E-state index is 0.791. The average molecular weight is 285 g/mol. The highest BCUT2D eigenvalue weighted by Crippen LogP contribution is 2.34. The minimum atomic E-state index is 0.791. The topological polar surface area (TPSA) is 9.23 Å². The van der Waals surface area contributed by atoms with Gasteiger partial charge < -0.3 is 4.74 Å². The molecule has 0 fully saturated rings. The Kier molecular flexibility index (Phi) is 2.71. The Morgan fingerprint density at radius 1 is 0.941 bits per heavy atom. The number of aryl methyl sites for hydroxylation is 2. The van der Waals surface area contributed by atoms with Gasteiger partial charge in [-0.15, -0.1) is 0 Å². The van der Waals surface area contributed by atoms with E-state index in [0.717, 1.165) is 34.3 Å². The van der Waals surface area contributed by atoms with Gasteiger partial charge in [-0.1, -0.05) is 33.5 Å². The second-order valence-corrected chi connectivity index (χ2v) is 5.14. The van der Waals surface area contributed by atoms with Crippen molar-refractivity contribution in [3.05, 3.63) is 52.0 Å². The van der Waals surface area contributed by atoms with Crippen LogP contribution in [0.4, 0.5) is 0 Å². The molecule has 0 aromatic heterocycles. The highest BCUT2D eigenvalue weighted by Gasteiger charge is 2.14. The van der Waals surface area contributed by atoms with Gasteiger partial charge in [0, 0.05) is 4.47 Å². The zero-order valence-electron chi connectivity index (χ0n) is 9.24. The van der Waals surface area contributed by atoms with Gasteiger partial charge in [-0.05, 0) is 48.2 Å². The van der Waals surface area contributed by atoms with Gasteiger partial charge in [0.15, 0.2) is 0 Å². The summed E-state index contributed by atoms with van der Waals surface area (Å²) in [6.45, 7) is 0. The van der Waals surface area contributed by atoms with E-state index < -0.39 is 0 Å². The second-order valence-electron chi connectivity index (χ2n) is 4.22. The quantitative estimate of drug-likeness (QED) is 0.676. The van der Waals surface area contributed by atoms with Crippen LogP contribution in [0.5, 0.6) is 11.5 Å². The van der Waals surface area contributed by atoms with Gasteiger partial charge in [-0.3, -0.25) is 0 Å². The first-order valence-corrected chi connectivity index (χ1v) is 6.36. The lowest BCUT2D eigenvalue weighted by Crippen LogP contribution is -2.03. The number of hydrogen-bond acceptors (Lipinski definition) is 1. The molecular weight excluding hydrogens is 275 g/mol. The molecule has 0 N–H and O–H groups in total. The van der Waals surface area contributed by atoms with E-state index in [1.807, 2.05) is 30.3 Å². The molecule has 1 aliphatic rings. The molecule has 1 heterocycles. The molecule has 2 radical (unpaired) electrons. The molecule has 2 aromatic carbocycles. The molecule has 0 amide bonds. The van der Waals surface area contributed by atoms with Crippen molar-refractivity contribution in [1.82, 2.24) is 0 Å². The summed E-state index contributed by atoms with van der Waals surface area (Å²) in [4.78, 5) is 0. The summed E-state index contributed by atoms with van der Waals surface area (Å²) >= 11 is 3.49. The summed E-state index contributed by atoms with van der Waals surface area (Å²) in [6, 6.07) is 11.9. The normalized spacial score (nSPS) is 13.2. The molecule has 2 aromatic rings. The summed E-state index contributed by atoms with van der Waals surface area (Å²) in [6.07, 6.45) is 1.94. The van der Waals surface area contributed by atoms with E-state index in [2.05, 4.69) is 22.0 Å². The van der Waals surface area contributed by atoms with Crippen molar-refractivity contribution in [3.63, 3.8) is 0 Å². The Morgan fingerprint density at radius 3 is 2.35 bits per heavy atom. The Balaban J connectivity index is 2.07. The number of benzene rings is 2. The smallest absolute Gasteiger partial charge is 0.130 e. The lowest BCUT2D eigenvalue weighted by molar-refractivity contribution is 0.479. The van der Waals surface area contributed by atoms with Crippen molar-refractivity contribution in [2.24, 2.45) is 0 Å². The largest absolute Gasteiger partial charge is 0.457 e. The molecular formula is C14H10BBrO. The van der Waals surface area contributed by atoms with Crippen molar-refractivity contribution in [2.45, 2.75) is 12.8 Å². The van der Waals surface area contributed by atoms with Crippen LogP contribution in [0.25, 0.3) is 0 Å². The van der Waals surface area contributed by atoms with Gasteiger partial charge in [-0.25, -0.2) is 0 Å². The zero-order chi connectivity index (χ0) is 11.8. The van der Waals surface area contributed by atoms with Crippen molar-refractivity contribution >= 4 is 29.2 Å². The molecule has 1 nitrogen and oxygen atoms in total. The molecule has 0 aliphatic carbocycles. The number of ether oxygens (including phenoxy) is 1. The molecule has 0 saturated heterocycles. The Morgan fingerprint density at radius 2 is 1.59 bits per heavy atom. The standard InChI is InChI=1S/C14H10BBrO/c15-11-3-5-13-9(7-11)1-2-10-8-12(16)4-6-14(10)17-13/h3-8H,1-2H2. The zero-order valence-corrected chi connectivity index (χ0v) is 10.8. The van der Waals surface area contributed by atoms with Gasteiger partial charge in [0.2, 0.25) is 0 Å². The van der Waals surface area contributed by atoms with Crippen LogP contribution in [0.3, 0.4) is 0 Å². The third-order valence-electron chi connectivity index (χ3n) is 2.99. The number of fused-ring (bicyclic) bond motifs is 2. The van der Waals surface area contributed by atoms with Gasteiger partial charge in [0.1, 0.15) is 19.3 Å². The predicted molar refractivity (Wildman–Crippen MR) is 73.5 cm³/mol. The van der Waals surface area contributed by atoms with E-state index in [4.69, 9.17) is 12.6 Å². The van der Waals surface area contributed by atoms with Crippen LogP contribution in [0, 0.1) is 0 Å². The number of halogens is 1. The average Bonchev–Trinajstić information content (AvgIpc) is 2.48. The van der Waals surface area contributed by atoms with Crippen LogP contribution in [-0.2, 0) is 12.8 Å². The molecule has 82 valence electrons. The lowest BCUT2D eigenvalue weighted by atomic mass is 9.92. The number of hydrogen-bond donors (Lipinski definition) is 0. The fraction of sp³-hybridized carbons (Fsp3) is 0.143. The molecule has 0 bridgehead atoms. The van der Waals surface area contributed by atoms with Gasteiger partial charge in [0.05, 0.1) is 0 Å². The maximum absolute atomic E-state index is 5.94. The van der Waals surface area contributed by atoms with Crippen LogP contribution in [0.2, 0.25) is 0 Å². The minimum Gasteiger partial charge on any atom is -0.457 e. The predicted octanol–water partition coefficient (Wildman–Crippen LogP) is 3.13. The second kappa shape index (κ2) is 4.23. The first-order chi connectivity index (χ1) is 8.22. The summed E-state index contributed by atoms with van der Waals surface area (Å²) in [5.74, 6) is 1.86. The highest BCUT2D eigenvalue weighted by molar-refractivity contribution is 9.10. The van der Waals surface area contributed by atoms with Crippen molar-refractivity contribution in [1.29, 1.82) is 0 Å². The van der Waals surface area contributed by atoms with E-state index in [0.29, 0.717) is 0 Å². The monoisotopic (exact) mass is 284 g/mol. The van der Waals surface area contributed by atoms with Crippen LogP contribution in [0.15, 0.2) is 40.9 Å². The van der Waals surface area contributed by atoms with Gasteiger partial charge in [0.25, 0.3) is 0 Å². The maximum Gasteiger partial charge on any atom is 0.130 e. The molecule has 0 spiro atoms. The van der Waals surface area contributed by atoms with Crippen LogP contribution in [-0.4, -0.2) is 7.85 Å². The van der Waals surface area contributed by atoms with Crippen LogP contribution in [0.1, 0.15) is 11.1 Å². The third-order valence-corrected chi connectivity index (χ3v) is 3.48. The van der Waals surface area contributed by atoms with E-state index in [1.54, 1.807) is 0 Å². The summed E-state index contributed by atoms with van der Waals surface area (Å²) in [5.41, 5.74) is 3.20. The molecule has 0 unspecified atom stereocenters. The van der Waals surface area contributed by atoms with E-state index in [-0.39, 0.29) is 0 Å². The SMILES string of the molecule is [B]c1ccc2c(c1)CCc1cc(Br)ccc1O2. The van der Waals surface area contributed by atoms with Crippen LogP contribution < -0.4 is 10.2 Å². The first-order valence-electron chi connectivity index (χ1n) is 5.57. The maximum atomic E-state index is 5.94.